The zero-order valence-electron chi connectivity index (χ0n) is 7.65. The lowest BCUT2D eigenvalue weighted by Gasteiger charge is -2.40. The number of hydrogen-bond donors (Lipinski definition) is 2. The van der Waals surface area contributed by atoms with E-state index in [-0.39, 0.29) is 0 Å². The molecule has 0 amide bonds. The molecule has 0 radical (unpaired) electrons. The molecule has 0 saturated carbocycles. The maximum atomic E-state index is 12.5. The summed E-state index contributed by atoms with van der Waals surface area (Å²) in [5.74, 6) is -0.818. The van der Waals surface area contributed by atoms with Crippen LogP contribution in [0.15, 0.2) is 5.10 Å². The Morgan fingerprint density at radius 2 is 2.21 bits per heavy atom. The Balaban J connectivity index is 2.23. The van der Waals surface area contributed by atoms with Gasteiger partial charge in [-0.3, -0.25) is 5.43 Å². The predicted molar refractivity (Wildman–Crippen MR) is 44.6 cm³/mol. The van der Waals surface area contributed by atoms with Crippen molar-refractivity contribution in [1.82, 2.24) is 15.6 Å². The van der Waals surface area contributed by atoms with Gasteiger partial charge < -0.3 is 10.2 Å². The van der Waals surface area contributed by atoms with Gasteiger partial charge in [0.15, 0.2) is 0 Å². The Morgan fingerprint density at radius 3 is 2.86 bits per heavy atom. The van der Waals surface area contributed by atoms with E-state index in [2.05, 4.69) is 15.8 Å². The number of hydrogen-bond acceptors (Lipinski definition) is 4. The molecule has 0 aliphatic carbocycles. The van der Waals surface area contributed by atoms with E-state index >= 15 is 0 Å². The van der Waals surface area contributed by atoms with E-state index in [1.165, 1.54) is 4.90 Å². The third-order valence-corrected chi connectivity index (χ3v) is 2.49. The highest BCUT2D eigenvalue weighted by Gasteiger charge is 2.51. The number of nitrogens with zero attached hydrogens (tertiary/aromatic N) is 2. The summed E-state index contributed by atoms with van der Waals surface area (Å²) in [7, 11) is 0. The standard InChI is InChI=1S/C7H11F3N4/c1-6-4-11-2-3-14(6)5(12-13-6)7(8,9)10/h11,13H,2-4H2,1H3. The van der Waals surface area contributed by atoms with E-state index in [9.17, 15) is 13.2 Å². The van der Waals surface area contributed by atoms with Gasteiger partial charge in [0.25, 0.3) is 0 Å². The molecule has 1 saturated heterocycles. The lowest BCUT2D eigenvalue weighted by Crippen LogP contribution is -2.64. The normalized spacial score (nSPS) is 32.3. The number of piperazine rings is 1. The maximum absolute atomic E-state index is 12.5. The summed E-state index contributed by atoms with van der Waals surface area (Å²) in [4.78, 5) is 1.27. The topological polar surface area (TPSA) is 39.7 Å². The van der Waals surface area contributed by atoms with Gasteiger partial charge in [-0.05, 0) is 6.92 Å². The molecule has 1 atom stereocenters. The Morgan fingerprint density at radius 1 is 1.50 bits per heavy atom. The van der Waals surface area contributed by atoms with Gasteiger partial charge in [0, 0.05) is 19.6 Å². The summed E-state index contributed by atoms with van der Waals surface area (Å²) in [6.45, 7) is 3.02. The largest absolute Gasteiger partial charge is 0.451 e. The van der Waals surface area contributed by atoms with Crippen molar-refractivity contribution in [1.29, 1.82) is 0 Å². The molecule has 4 nitrogen and oxygen atoms in total. The number of fused-ring (bicyclic) bond motifs is 1. The SMILES string of the molecule is CC12CNCCN1C(C(F)(F)F)=NN2. The first-order valence-corrected chi connectivity index (χ1v) is 4.34. The van der Waals surface area contributed by atoms with Crippen LogP contribution < -0.4 is 10.7 Å². The number of amidine groups is 1. The van der Waals surface area contributed by atoms with E-state index < -0.39 is 17.7 Å². The van der Waals surface area contributed by atoms with Crippen molar-refractivity contribution in [3.05, 3.63) is 0 Å². The smallest absolute Gasteiger partial charge is 0.325 e. The number of alkyl halides is 3. The fraction of sp³-hybridized carbons (Fsp3) is 0.857. The minimum atomic E-state index is -4.37. The van der Waals surface area contributed by atoms with Crippen LogP contribution in [0.4, 0.5) is 13.2 Å². The summed E-state index contributed by atoms with van der Waals surface area (Å²) in [5, 5.41) is 6.37. The Hall–Kier alpha value is -0.980. The molecule has 2 aliphatic rings. The summed E-state index contributed by atoms with van der Waals surface area (Å²) in [6.07, 6.45) is -4.37. The molecule has 0 aromatic heterocycles. The van der Waals surface area contributed by atoms with E-state index in [0.29, 0.717) is 19.6 Å². The highest BCUT2D eigenvalue weighted by atomic mass is 19.4. The minimum Gasteiger partial charge on any atom is -0.325 e. The van der Waals surface area contributed by atoms with Gasteiger partial charge in [-0.25, -0.2) is 0 Å². The first kappa shape index (κ1) is 9.57. The molecule has 2 N–H and O–H groups in total. The van der Waals surface area contributed by atoms with Crippen LogP contribution in [0, 0.1) is 0 Å². The fourth-order valence-electron chi connectivity index (χ4n) is 1.75. The first-order chi connectivity index (χ1) is 6.43. The zero-order chi connectivity index (χ0) is 10.4. The number of nitrogens with one attached hydrogen (secondary N) is 2. The molecular weight excluding hydrogens is 197 g/mol. The van der Waals surface area contributed by atoms with Gasteiger partial charge in [0.2, 0.25) is 5.84 Å². The zero-order valence-corrected chi connectivity index (χ0v) is 7.65. The fourth-order valence-corrected chi connectivity index (χ4v) is 1.75. The highest BCUT2D eigenvalue weighted by Crippen LogP contribution is 2.29. The molecule has 1 fully saturated rings. The molecule has 14 heavy (non-hydrogen) atoms. The second-order valence-electron chi connectivity index (χ2n) is 3.65. The van der Waals surface area contributed by atoms with Gasteiger partial charge in [0.05, 0.1) is 0 Å². The highest BCUT2D eigenvalue weighted by molar-refractivity contribution is 5.89. The lowest BCUT2D eigenvalue weighted by molar-refractivity contribution is -0.0721. The van der Waals surface area contributed by atoms with Crippen LogP contribution in [0.2, 0.25) is 0 Å². The van der Waals surface area contributed by atoms with E-state index in [4.69, 9.17) is 0 Å². The number of halogens is 3. The summed E-state index contributed by atoms with van der Waals surface area (Å²) >= 11 is 0. The monoisotopic (exact) mass is 208 g/mol. The molecule has 0 bridgehead atoms. The molecule has 2 heterocycles. The van der Waals surface area contributed by atoms with Crippen LogP contribution in [-0.4, -0.2) is 42.2 Å². The third-order valence-electron chi connectivity index (χ3n) is 2.49. The van der Waals surface area contributed by atoms with Crippen LogP contribution in [0.25, 0.3) is 0 Å². The molecule has 2 aliphatic heterocycles. The van der Waals surface area contributed by atoms with Crippen molar-refractivity contribution < 1.29 is 13.2 Å². The van der Waals surface area contributed by atoms with Crippen LogP contribution in [-0.2, 0) is 0 Å². The van der Waals surface area contributed by atoms with Crippen LogP contribution in [0.3, 0.4) is 0 Å². The maximum Gasteiger partial charge on any atom is 0.451 e. The molecule has 0 spiro atoms. The predicted octanol–water partition coefficient (Wildman–Crippen LogP) is 0.0868. The molecule has 7 heteroatoms. The van der Waals surface area contributed by atoms with E-state index in [1.54, 1.807) is 6.92 Å². The molecule has 0 aromatic carbocycles. The molecule has 80 valence electrons. The Labute approximate surface area is 79.1 Å². The van der Waals surface area contributed by atoms with Gasteiger partial charge in [-0.15, -0.1) is 0 Å². The lowest BCUT2D eigenvalue weighted by atomic mass is 10.1. The second-order valence-corrected chi connectivity index (χ2v) is 3.65. The number of hydrazone groups is 1. The van der Waals surface area contributed by atoms with Crippen molar-refractivity contribution in [3.8, 4) is 0 Å². The van der Waals surface area contributed by atoms with E-state index in [0.717, 1.165) is 0 Å². The third kappa shape index (κ3) is 1.31. The van der Waals surface area contributed by atoms with Crippen LogP contribution in [0.5, 0.6) is 0 Å². The molecular formula is C7H11F3N4. The van der Waals surface area contributed by atoms with Crippen LogP contribution in [0.1, 0.15) is 6.92 Å². The van der Waals surface area contributed by atoms with Crippen molar-refractivity contribution >= 4 is 5.84 Å². The summed E-state index contributed by atoms with van der Waals surface area (Å²) < 4.78 is 37.4. The van der Waals surface area contributed by atoms with E-state index in [1.807, 2.05) is 0 Å². The Bertz CT molecular complexity index is 275. The van der Waals surface area contributed by atoms with Gasteiger partial charge >= 0.3 is 6.18 Å². The molecule has 1 unspecified atom stereocenters. The summed E-state index contributed by atoms with van der Waals surface area (Å²) in [6, 6.07) is 0. The van der Waals surface area contributed by atoms with Gasteiger partial charge in [0.1, 0.15) is 5.66 Å². The second kappa shape index (κ2) is 2.75. The van der Waals surface area contributed by atoms with Crippen molar-refractivity contribution in [3.63, 3.8) is 0 Å². The van der Waals surface area contributed by atoms with Crippen LogP contribution >= 0.6 is 0 Å². The van der Waals surface area contributed by atoms with Crippen molar-refractivity contribution in [2.24, 2.45) is 5.10 Å². The first-order valence-electron chi connectivity index (χ1n) is 4.34. The average molecular weight is 208 g/mol. The Kier molecular flexibility index (Phi) is 1.88. The average Bonchev–Trinajstić information content (AvgIpc) is 2.40. The quantitative estimate of drug-likeness (QED) is 0.592. The van der Waals surface area contributed by atoms with Crippen molar-refractivity contribution in [2.75, 3.05) is 19.6 Å². The van der Waals surface area contributed by atoms with Gasteiger partial charge in [-0.1, -0.05) is 0 Å². The minimum absolute atomic E-state index is 0.321. The number of rotatable bonds is 0. The summed E-state index contributed by atoms with van der Waals surface area (Å²) in [5.41, 5.74) is 1.79. The van der Waals surface area contributed by atoms with Crippen molar-refractivity contribution in [2.45, 2.75) is 18.8 Å². The van der Waals surface area contributed by atoms with Gasteiger partial charge in [-0.2, -0.15) is 18.3 Å². The molecule has 0 aromatic rings. The molecule has 2 rings (SSSR count).